The van der Waals surface area contributed by atoms with Crippen LogP contribution < -0.4 is 5.32 Å². The molecule has 134 valence electrons. The molecule has 1 aliphatic rings. The Kier molecular flexibility index (Phi) is 5.83. The Morgan fingerprint density at radius 1 is 1.33 bits per heavy atom. The maximum absolute atomic E-state index is 13.5. The van der Waals surface area contributed by atoms with Crippen LogP contribution in [0.5, 0.6) is 0 Å². The highest BCUT2D eigenvalue weighted by atomic mass is 32.2. The first-order chi connectivity index (χ1) is 11.2. The summed E-state index contributed by atoms with van der Waals surface area (Å²) in [6, 6.07) is 1.10. The molecule has 1 unspecified atom stereocenters. The third-order valence-electron chi connectivity index (χ3n) is 3.59. The van der Waals surface area contributed by atoms with Crippen molar-refractivity contribution in [1.29, 1.82) is 0 Å². The number of benzene rings is 1. The Hall–Kier alpha value is -1.65. The van der Waals surface area contributed by atoms with Crippen LogP contribution in [0.25, 0.3) is 0 Å². The number of ether oxygens (including phenoxy) is 1. The van der Waals surface area contributed by atoms with Crippen LogP contribution in [0.15, 0.2) is 12.1 Å². The van der Waals surface area contributed by atoms with E-state index < -0.39 is 44.7 Å². The zero-order valence-electron chi connectivity index (χ0n) is 12.9. The molecule has 0 aliphatic carbocycles. The summed E-state index contributed by atoms with van der Waals surface area (Å²) in [5, 5.41) is 2.19. The van der Waals surface area contributed by atoms with Gasteiger partial charge in [0, 0.05) is 19.1 Å². The highest BCUT2D eigenvalue weighted by Gasteiger charge is 2.30. The Morgan fingerprint density at radius 2 is 2.04 bits per heavy atom. The Balaban J connectivity index is 1.96. The van der Waals surface area contributed by atoms with Crippen LogP contribution in [0.3, 0.4) is 0 Å². The van der Waals surface area contributed by atoms with Crippen molar-refractivity contribution in [2.45, 2.75) is 13.0 Å². The maximum Gasteiger partial charge on any atom is 0.254 e. The Bertz CT molecular complexity index is 727. The number of morpholine rings is 1. The van der Waals surface area contributed by atoms with Crippen molar-refractivity contribution in [1.82, 2.24) is 9.62 Å². The molecule has 1 atom stereocenters. The van der Waals surface area contributed by atoms with Crippen molar-refractivity contribution in [2.24, 2.45) is 0 Å². The van der Waals surface area contributed by atoms with Gasteiger partial charge in [0.1, 0.15) is 0 Å². The Morgan fingerprint density at radius 3 is 2.71 bits per heavy atom. The van der Waals surface area contributed by atoms with Crippen molar-refractivity contribution >= 4 is 15.9 Å². The maximum atomic E-state index is 13.5. The second-order valence-corrected chi connectivity index (χ2v) is 7.37. The van der Waals surface area contributed by atoms with Gasteiger partial charge in [0.25, 0.3) is 5.91 Å². The molecule has 0 radical (unpaired) electrons. The number of rotatable bonds is 5. The standard InChI is InChI=1S/C14H17F3N2O4S/c1-9-8-23-6-5-19(9)24(21,22)7-4-18-14(20)10-2-3-11(15)13(17)12(10)16/h2-3,9H,4-8H2,1H3,(H,18,20). The number of hydrogen-bond acceptors (Lipinski definition) is 4. The highest BCUT2D eigenvalue weighted by Crippen LogP contribution is 2.15. The Labute approximate surface area is 137 Å². The van der Waals surface area contributed by atoms with Crippen molar-refractivity contribution in [3.63, 3.8) is 0 Å². The predicted octanol–water partition coefficient (Wildman–Crippen LogP) is 0.884. The third-order valence-corrected chi connectivity index (χ3v) is 5.57. The minimum absolute atomic E-state index is 0.218. The van der Waals surface area contributed by atoms with E-state index in [9.17, 15) is 26.4 Å². The minimum Gasteiger partial charge on any atom is -0.378 e. The number of nitrogens with zero attached hydrogens (tertiary/aromatic N) is 1. The van der Waals surface area contributed by atoms with Crippen LogP contribution in [0.1, 0.15) is 17.3 Å². The third kappa shape index (κ3) is 4.05. The lowest BCUT2D eigenvalue weighted by Gasteiger charge is -2.32. The molecule has 1 heterocycles. The molecular formula is C14H17F3N2O4S. The molecule has 0 bridgehead atoms. The average molecular weight is 366 g/mol. The number of carbonyl (C=O) groups is 1. The topological polar surface area (TPSA) is 75.7 Å². The highest BCUT2D eigenvalue weighted by molar-refractivity contribution is 7.89. The first-order valence-corrected chi connectivity index (χ1v) is 8.84. The number of hydrogen-bond donors (Lipinski definition) is 1. The van der Waals surface area contributed by atoms with Crippen molar-refractivity contribution in [3.8, 4) is 0 Å². The van der Waals surface area contributed by atoms with Gasteiger partial charge in [-0.05, 0) is 19.1 Å². The van der Waals surface area contributed by atoms with Crippen LogP contribution in [-0.2, 0) is 14.8 Å². The molecule has 1 fully saturated rings. The lowest BCUT2D eigenvalue weighted by Crippen LogP contribution is -2.49. The van der Waals surface area contributed by atoms with E-state index in [1.54, 1.807) is 6.92 Å². The zero-order valence-corrected chi connectivity index (χ0v) is 13.7. The summed E-state index contributed by atoms with van der Waals surface area (Å²) in [6.45, 7) is 2.20. The average Bonchev–Trinajstić information content (AvgIpc) is 2.52. The van der Waals surface area contributed by atoms with E-state index in [2.05, 4.69) is 5.32 Å². The van der Waals surface area contributed by atoms with Crippen LogP contribution in [0, 0.1) is 17.5 Å². The molecule has 1 aliphatic heterocycles. The minimum atomic E-state index is -3.62. The van der Waals surface area contributed by atoms with Gasteiger partial charge in [-0.15, -0.1) is 0 Å². The quantitative estimate of drug-likeness (QED) is 0.785. The molecule has 1 amide bonds. The summed E-state index contributed by atoms with van der Waals surface area (Å²) in [4.78, 5) is 11.8. The first-order valence-electron chi connectivity index (χ1n) is 7.23. The van der Waals surface area contributed by atoms with Crippen molar-refractivity contribution in [2.75, 3.05) is 32.1 Å². The van der Waals surface area contributed by atoms with E-state index in [0.717, 1.165) is 6.07 Å². The van der Waals surface area contributed by atoms with Crippen molar-refractivity contribution < 1.29 is 31.1 Å². The van der Waals surface area contributed by atoms with E-state index in [4.69, 9.17) is 4.74 Å². The second kappa shape index (κ2) is 7.49. The zero-order chi connectivity index (χ0) is 17.9. The molecule has 1 saturated heterocycles. The van der Waals surface area contributed by atoms with Gasteiger partial charge in [-0.1, -0.05) is 0 Å². The van der Waals surface area contributed by atoms with E-state index in [0.29, 0.717) is 6.07 Å². The van der Waals surface area contributed by atoms with Crippen LogP contribution in [-0.4, -0.2) is 56.7 Å². The molecule has 0 saturated carbocycles. The van der Waals surface area contributed by atoms with E-state index in [-0.39, 0.29) is 32.3 Å². The molecule has 2 rings (SSSR count). The van der Waals surface area contributed by atoms with Crippen LogP contribution >= 0.6 is 0 Å². The fraction of sp³-hybridized carbons (Fsp3) is 0.500. The van der Waals surface area contributed by atoms with Gasteiger partial charge in [-0.3, -0.25) is 4.79 Å². The summed E-state index contributed by atoms with van der Waals surface area (Å²) in [6.07, 6.45) is 0. The lowest BCUT2D eigenvalue weighted by atomic mass is 10.2. The molecule has 1 N–H and O–H groups in total. The summed E-state index contributed by atoms with van der Waals surface area (Å²) in [7, 11) is -3.62. The van der Waals surface area contributed by atoms with Gasteiger partial charge in [-0.25, -0.2) is 21.6 Å². The van der Waals surface area contributed by atoms with Crippen LogP contribution in [0.4, 0.5) is 13.2 Å². The van der Waals surface area contributed by atoms with E-state index in [1.807, 2.05) is 0 Å². The summed E-state index contributed by atoms with van der Waals surface area (Å²) in [5.41, 5.74) is -0.689. The van der Waals surface area contributed by atoms with Crippen LogP contribution in [0.2, 0.25) is 0 Å². The summed E-state index contributed by atoms with van der Waals surface area (Å²) in [5.74, 6) is -6.19. The fourth-order valence-electron chi connectivity index (χ4n) is 2.33. The number of nitrogens with one attached hydrogen (secondary N) is 1. The van der Waals surface area contributed by atoms with Gasteiger partial charge in [-0.2, -0.15) is 4.31 Å². The molecule has 0 spiro atoms. The number of carbonyl (C=O) groups excluding carboxylic acids is 1. The molecule has 6 nitrogen and oxygen atoms in total. The SMILES string of the molecule is CC1COCCN1S(=O)(=O)CCNC(=O)c1ccc(F)c(F)c1F. The fourth-order valence-corrected chi connectivity index (χ4v) is 3.89. The monoisotopic (exact) mass is 366 g/mol. The normalized spacial score (nSPS) is 19.2. The van der Waals surface area contributed by atoms with Gasteiger partial charge in [0.05, 0.1) is 24.5 Å². The summed E-state index contributed by atoms with van der Waals surface area (Å²) < 4.78 is 70.3. The molecule has 1 aromatic rings. The summed E-state index contributed by atoms with van der Waals surface area (Å²) >= 11 is 0. The number of halogens is 3. The van der Waals surface area contributed by atoms with E-state index >= 15 is 0 Å². The number of sulfonamides is 1. The van der Waals surface area contributed by atoms with Gasteiger partial charge in [0.15, 0.2) is 17.5 Å². The van der Waals surface area contributed by atoms with Gasteiger partial charge < -0.3 is 10.1 Å². The smallest absolute Gasteiger partial charge is 0.254 e. The van der Waals surface area contributed by atoms with Gasteiger partial charge in [0.2, 0.25) is 10.0 Å². The largest absolute Gasteiger partial charge is 0.378 e. The number of amides is 1. The van der Waals surface area contributed by atoms with Gasteiger partial charge >= 0.3 is 0 Å². The van der Waals surface area contributed by atoms with Crippen molar-refractivity contribution in [3.05, 3.63) is 35.1 Å². The molecule has 1 aromatic carbocycles. The lowest BCUT2D eigenvalue weighted by molar-refractivity contribution is 0.0393. The molecule has 10 heteroatoms. The van der Waals surface area contributed by atoms with E-state index in [1.165, 1.54) is 4.31 Å². The predicted molar refractivity (Wildman–Crippen MR) is 79.4 cm³/mol. The second-order valence-electron chi connectivity index (χ2n) is 5.33. The first kappa shape index (κ1) is 18.7. The molecular weight excluding hydrogens is 349 g/mol. The molecule has 24 heavy (non-hydrogen) atoms. The molecule has 0 aromatic heterocycles.